The Bertz CT molecular complexity index is 591. The van der Waals surface area contributed by atoms with E-state index in [-0.39, 0.29) is 5.75 Å². The lowest BCUT2D eigenvalue weighted by Crippen LogP contribution is -2.46. The number of methoxy groups -OCH3 is 2. The lowest BCUT2D eigenvalue weighted by Gasteiger charge is -2.31. The molecule has 0 bridgehead atoms. The van der Waals surface area contributed by atoms with E-state index >= 15 is 0 Å². The Kier molecular flexibility index (Phi) is 6.62. The fourth-order valence-electron chi connectivity index (χ4n) is 2.07. The largest absolute Gasteiger partial charge is 0.496 e. The summed E-state index contributed by atoms with van der Waals surface area (Å²) in [5.74, 6) is -0.108. The lowest BCUT2D eigenvalue weighted by atomic mass is 9.91. The summed E-state index contributed by atoms with van der Waals surface area (Å²) in [5, 5.41) is 10.2. The van der Waals surface area contributed by atoms with Crippen LogP contribution in [0.25, 0.3) is 0 Å². The van der Waals surface area contributed by atoms with Crippen molar-refractivity contribution in [3.05, 3.63) is 23.3 Å². The van der Waals surface area contributed by atoms with Crippen LogP contribution in [0.4, 0.5) is 18.9 Å². The first-order valence-corrected chi connectivity index (χ1v) is 7.32. The number of nitrogens with zero attached hydrogens (tertiary/aromatic N) is 2. The molecule has 1 unspecified atom stereocenters. The van der Waals surface area contributed by atoms with Crippen molar-refractivity contribution >= 4 is 12.0 Å². The second kappa shape index (κ2) is 7.85. The summed E-state index contributed by atoms with van der Waals surface area (Å²) in [7, 11) is 4.16. The molecular weight excluding hydrogens is 325 g/mol. The molecule has 136 valence electrons. The molecule has 1 rings (SSSR count). The van der Waals surface area contributed by atoms with Crippen molar-refractivity contribution in [2.45, 2.75) is 25.6 Å². The summed E-state index contributed by atoms with van der Waals surface area (Å²) in [4.78, 5) is 6.06. The van der Waals surface area contributed by atoms with Gasteiger partial charge in [-0.1, -0.05) is 0 Å². The quantitative estimate of drug-likeness (QED) is 0.608. The number of hydrogen-bond donors (Lipinski definition) is 1. The average molecular weight is 348 g/mol. The Morgan fingerprint density at radius 3 is 2.38 bits per heavy atom. The maximum Gasteiger partial charge on any atom is 0.423 e. The van der Waals surface area contributed by atoms with Crippen molar-refractivity contribution in [1.29, 1.82) is 0 Å². The van der Waals surface area contributed by atoms with Crippen molar-refractivity contribution < 1.29 is 27.8 Å². The first-order valence-electron chi connectivity index (χ1n) is 7.32. The van der Waals surface area contributed by atoms with Crippen molar-refractivity contribution in [2.75, 3.05) is 34.4 Å². The first-order chi connectivity index (χ1) is 11.1. The molecule has 1 atom stereocenters. The van der Waals surface area contributed by atoms with Gasteiger partial charge in [-0.25, -0.2) is 4.99 Å². The normalized spacial score (nSPS) is 14.7. The molecule has 0 aliphatic rings. The monoisotopic (exact) mass is 348 g/mol. The van der Waals surface area contributed by atoms with Crippen LogP contribution in [-0.4, -0.2) is 56.9 Å². The molecule has 0 saturated heterocycles. The van der Waals surface area contributed by atoms with E-state index in [9.17, 15) is 18.3 Å². The van der Waals surface area contributed by atoms with Gasteiger partial charge < -0.3 is 19.5 Å². The minimum atomic E-state index is -4.92. The van der Waals surface area contributed by atoms with Crippen LogP contribution >= 0.6 is 0 Å². The number of halogens is 3. The van der Waals surface area contributed by atoms with Crippen molar-refractivity contribution in [1.82, 2.24) is 4.90 Å². The molecular formula is C16H23F3N2O3. The van der Waals surface area contributed by atoms with Crippen molar-refractivity contribution in [3.8, 4) is 5.75 Å². The van der Waals surface area contributed by atoms with Crippen LogP contribution in [0.3, 0.4) is 0 Å². The summed E-state index contributed by atoms with van der Waals surface area (Å²) in [6.07, 6.45) is -3.34. The minimum absolute atomic E-state index is 0.108. The highest BCUT2D eigenvalue weighted by atomic mass is 19.4. The third-order valence-corrected chi connectivity index (χ3v) is 3.68. The molecule has 0 radical (unpaired) electrons. The number of aryl methyl sites for hydroxylation is 1. The molecule has 0 aromatic heterocycles. The molecule has 0 aliphatic carbocycles. The zero-order valence-corrected chi connectivity index (χ0v) is 14.4. The highest BCUT2D eigenvalue weighted by Crippen LogP contribution is 2.44. The molecule has 0 saturated carbocycles. The number of ether oxygens (including phenoxy) is 2. The molecule has 0 amide bonds. The van der Waals surface area contributed by atoms with Crippen LogP contribution in [-0.2, 0) is 10.3 Å². The van der Waals surface area contributed by atoms with Crippen molar-refractivity contribution in [2.24, 2.45) is 4.99 Å². The van der Waals surface area contributed by atoms with Gasteiger partial charge in [0.05, 0.1) is 25.7 Å². The molecule has 1 aromatic carbocycles. The van der Waals surface area contributed by atoms with Gasteiger partial charge in [0.15, 0.2) is 0 Å². The fourth-order valence-corrected chi connectivity index (χ4v) is 2.07. The number of benzene rings is 1. The highest BCUT2D eigenvalue weighted by molar-refractivity contribution is 5.65. The summed E-state index contributed by atoms with van der Waals surface area (Å²) >= 11 is 0. The van der Waals surface area contributed by atoms with Crippen LogP contribution in [0, 0.1) is 6.92 Å². The van der Waals surface area contributed by atoms with Gasteiger partial charge in [0.25, 0.3) is 0 Å². The van der Waals surface area contributed by atoms with Gasteiger partial charge in [0, 0.05) is 32.3 Å². The zero-order valence-electron chi connectivity index (χ0n) is 14.4. The topological polar surface area (TPSA) is 54.3 Å². The minimum Gasteiger partial charge on any atom is -0.496 e. The van der Waals surface area contributed by atoms with Crippen LogP contribution in [0.1, 0.15) is 18.1 Å². The zero-order chi connectivity index (χ0) is 18.5. The molecule has 0 aliphatic heterocycles. The van der Waals surface area contributed by atoms with E-state index in [1.807, 2.05) is 18.9 Å². The summed E-state index contributed by atoms with van der Waals surface area (Å²) in [5.41, 5.74) is -2.64. The fraction of sp³-hybridized carbons (Fsp3) is 0.562. The van der Waals surface area contributed by atoms with Gasteiger partial charge in [-0.05, 0) is 25.5 Å². The van der Waals surface area contributed by atoms with Gasteiger partial charge in [-0.2, -0.15) is 13.2 Å². The number of rotatable bonds is 7. The molecule has 0 spiro atoms. The predicted molar refractivity (Wildman–Crippen MR) is 86.0 cm³/mol. The Hall–Kier alpha value is -1.80. The summed E-state index contributed by atoms with van der Waals surface area (Å²) in [6.45, 7) is 3.36. The third kappa shape index (κ3) is 4.18. The standard InChI is InChI=1S/C16H23F3N2O3/c1-6-21(3)10-20-13-8-14(24-5)12(7-11(13)2)15(22,9-23-4)16(17,18)19/h7-8,10,22H,6,9H2,1-5H3. The van der Waals surface area contributed by atoms with E-state index < -0.39 is 23.9 Å². The SMILES string of the molecule is CCN(C)C=Nc1cc(OC)c(C(O)(COC)C(F)(F)F)cc1C. The third-order valence-electron chi connectivity index (χ3n) is 3.68. The van der Waals surface area contributed by atoms with Gasteiger partial charge in [-0.3, -0.25) is 0 Å². The molecule has 1 aromatic rings. The average Bonchev–Trinajstić information content (AvgIpc) is 2.52. The second-order valence-corrected chi connectivity index (χ2v) is 5.45. The molecule has 1 N–H and O–H groups in total. The van der Waals surface area contributed by atoms with E-state index in [2.05, 4.69) is 9.73 Å². The highest BCUT2D eigenvalue weighted by Gasteiger charge is 2.56. The van der Waals surface area contributed by atoms with E-state index in [1.54, 1.807) is 13.3 Å². The van der Waals surface area contributed by atoms with Crippen LogP contribution in [0.5, 0.6) is 5.75 Å². The predicted octanol–water partition coefficient (Wildman–Crippen LogP) is 3.01. The maximum atomic E-state index is 13.4. The number of aliphatic hydroxyl groups is 1. The second-order valence-electron chi connectivity index (χ2n) is 5.45. The molecule has 24 heavy (non-hydrogen) atoms. The van der Waals surface area contributed by atoms with Crippen molar-refractivity contribution in [3.63, 3.8) is 0 Å². The van der Waals surface area contributed by atoms with E-state index in [1.165, 1.54) is 19.2 Å². The van der Waals surface area contributed by atoms with E-state index in [4.69, 9.17) is 4.74 Å². The Labute approximate surface area is 139 Å². The van der Waals surface area contributed by atoms with Crippen LogP contribution in [0.15, 0.2) is 17.1 Å². The molecule has 0 fully saturated rings. The molecule has 8 heteroatoms. The number of hydrogen-bond acceptors (Lipinski definition) is 4. The maximum absolute atomic E-state index is 13.4. The van der Waals surface area contributed by atoms with Gasteiger partial charge in [-0.15, -0.1) is 0 Å². The first kappa shape index (κ1) is 20.2. The van der Waals surface area contributed by atoms with Gasteiger partial charge >= 0.3 is 6.18 Å². The lowest BCUT2D eigenvalue weighted by molar-refractivity contribution is -0.280. The van der Waals surface area contributed by atoms with E-state index in [0.29, 0.717) is 11.3 Å². The summed E-state index contributed by atoms with van der Waals surface area (Å²) < 4.78 is 49.9. The Morgan fingerprint density at radius 1 is 1.29 bits per heavy atom. The number of aliphatic imine (C=N–C) groups is 1. The smallest absolute Gasteiger partial charge is 0.423 e. The van der Waals surface area contributed by atoms with Gasteiger partial charge in [0.2, 0.25) is 5.60 Å². The molecule has 0 heterocycles. The van der Waals surface area contributed by atoms with Gasteiger partial charge in [0.1, 0.15) is 5.75 Å². The van der Waals surface area contributed by atoms with E-state index in [0.717, 1.165) is 13.7 Å². The van der Waals surface area contributed by atoms with Crippen LogP contribution < -0.4 is 4.74 Å². The number of alkyl halides is 3. The molecule has 5 nitrogen and oxygen atoms in total. The Morgan fingerprint density at radius 2 is 1.92 bits per heavy atom. The Balaban J connectivity index is 3.45. The van der Waals surface area contributed by atoms with Crippen LogP contribution in [0.2, 0.25) is 0 Å². The summed E-state index contributed by atoms with van der Waals surface area (Å²) in [6, 6.07) is 2.60.